The highest BCUT2D eigenvalue weighted by Crippen LogP contribution is 2.28. The van der Waals surface area contributed by atoms with Crippen molar-refractivity contribution in [2.24, 2.45) is 0 Å². The number of imidazole rings is 1. The zero-order valence-corrected chi connectivity index (χ0v) is 16.4. The second-order valence-electron chi connectivity index (χ2n) is 5.38. The van der Waals surface area contributed by atoms with E-state index in [4.69, 9.17) is 16.3 Å². The average molecular weight is 394 g/mol. The lowest BCUT2D eigenvalue weighted by Crippen LogP contribution is -2.01. The van der Waals surface area contributed by atoms with Crippen LogP contribution in [-0.4, -0.2) is 39.8 Å². The molecule has 132 valence electrons. The third-order valence-corrected chi connectivity index (χ3v) is 5.84. The highest BCUT2D eigenvalue weighted by Gasteiger charge is 2.09. The number of hydrogen-bond donors (Lipinski definition) is 1. The van der Waals surface area contributed by atoms with Crippen molar-refractivity contribution >= 4 is 46.2 Å². The van der Waals surface area contributed by atoms with E-state index in [1.54, 1.807) is 23.5 Å². The quantitative estimate of drug-likeness (QED) is 0.318. The van der Waals surface area contributed by atoms with E-state index in [0.29, 0.717) is 19.1 Å². The van der Waals surface area contributed by atoms with Crippen molar-refractivity contribution < 1.29 is 4.74 Å². The van der Waals surface area contributed by atoms with Gasteiger partial charge in [0.05, 0.1) is 29.9 Å². The molecule has 3 rings (SSSR count). The van der Waals surface area contributed by atoms with Crippen molar-refractivity contribution in [1.29, 1.82) is 0 Å². The van der Waals surface area contributed by atoms with Gasteiger partial charge in [-0.05, 0) is 30.7 Å². The number of nitrogens with one attached hydrogen (secondary N) is 1. The minimum Gasteiger partial charge on any atom is -0.379 e. The van der Waals surface area contributed by atoms with E-state index in [2.05, 4.69) is 27.9 Å². The number of ether oxygens (including phenoxy) is 1. The van der Waals surface area contributed by atoms with Gasteiger partial charge in [-0.15, -0.1) is 23.4 Å². The summed E-state index contributed by atoms with van der Waals surface area (Å²) in [6.45, 7) is 3.45. The van der Waals surface area contributed by atoms with E-state index < -0.39 is 0 Å². The molecule has 2 heterocycles. The van der Waals surface area contributed by atoms with Crippen LogP contribution in [-0.2, 0) is 10.5 Å². The number of halogens is 1. The molecule has 0 aliphatic heterocycles. The van der Waals surface area contributed by atoms with Gasteiger partial charge in [0.15, 0.2) is 5.16 Å². The first-order valence-electron chi connectivity index (χ1n) is 8.06. The lowest BCUT2D eigenvalue weighted by Gasteiger charge is -2.09. The van der Waals surface area contributed by atoms with Crippen molar-refractivity contribution in [2.45, 2.75) is 22.7 Å². The van der Waals surface area contributed by atoms with Crippen LogP contribution in [0.25, 0.3) is 11.0 Å². The number of rotatable bonds is 9. The van der Waals surface area contributed by atoms with Crippen molar-refractivity contribution in [3.8, 4) is 0 Å². The predicted molar refractivity (Wildman–Crippen MR) is 107 cm³/mol. The van der Waals surface area contributed by atoms with Gasteiger partial charge in [0, 0.05) is 28.5 Å². The average Bonchev–Trinajstić information content (AvgIpc) is 3.05. The Bertz CT molecular complexity index is 792. The fourth-order valence-electron chi connectivity index (χ4n) is 2.36. The molecule has 0 aliphatic carbocycles. The second kappa shape index (κ2) is 9.48. The van der Waals surface area contributed by atoms with Crippen molar-refractivity contribution in [3.63, 3.8) is 0 Å². The Morgan fingerprint density at radius 3 is 2.88 bits per heavy atom. The van der Waals surface area contributed by atoms with Crippen LogP contribution in [0.4, 0.5) is 0 Å². The first kappa shape index (κ1) is 18.6. The van der Waals surface area contributed by atoms with E-state index in [9.17, 15) is 0 Å². The Morgan fingerprint density at radius 2 is 2.04 bits per heavy atom. The monoisotopic (exact) mass is 393 g/mol. The minimum absolute atomic E-state index is 0.544. The Balaban J connectivity index is 1.59. The summed E-state index contributed by atoms with van der Waals surface area (Å²) in [5, 5.41) is 0.926. The highest BCUT2D eigenvalue weighted by atomic mass is 35.5. The zero-order valence-electron chi connectivity index (χ0n) is 14.0. The molecule has 4 nitrogen and oxygen atoms in total. The molecule has 2 aromatic heterocycles. The molecular formula is C18H20ClN3OS2. The van der Waals surface area contributed by atoms with Crippen molar-refractivity contribution in [2.75, 3.05) is 24.8 Å². The maximum absolute atomic E-state index is 5.60. The number of nitrogens with zero attached hydrogens (tertiary/aromatic N) is 2. The summed E-state index contributed by atoms with van der Waals surface area (Å²) in [5.41, 5.74) is 4.39. The van der Waals surface area contributed by atoms with Crippen LogP contribution >= 0.6 is 35.1 Å². The van der Waals surface area contributed by atoms with Crippen LogP contribution in [0.5, 0.6) is 0 Å². The fraction of sp³-hybridized carbons (Fsp3) is 0.333. The van der Waals surface area contributed by atoms with Crippen LogP contribution in [0, 0.1) is 6.92 Å². The summed E-state index contributed by atoms with van der Waals surface area (Å²) in [4.78, 5) is 13.7. The van der Waals surface area contributed by atoms with Crippen LogP contribution < -0.4 is 0 Å². The first-order valence-corrected chi connectivity index (χ1v) is 10.6. The topological polar surface area (TPSA) is 50.8 Å². The molecule has 0 bridgehead atoms. The number of thioether (sulfide) groups is 2. The molecule has 0 fully saturated rings. The number of hydrogen-bond acceptors (Lipinski definition) is 5. The molecule has 0 amide bonds. The summed E-state index contributed by atoms with van der Waals surface area (Å²) in [6, 6.07) is 10.1. The Hall–Kier alpha value is -1.21. The van der Waals surface area contributed by atoms with Gasteiger partial charge in [0.1, 0.15) is 0 Å². The number of H-pyrrole nitrogens is 1. The Kier molecular flexibility index (Phi) is 7.04. The number of fused-ring (bicyclic) bond motifs is 1. The number of aromatic nitrogens is 3. The number of benzene rings is 1. The molecule has 0 spiro atoms. The highest BCUT2D eigenvalue weighted by molar-refractivity contribution is 7.99. The smallest absolute Gasteiger partial charge is 0.166 e. The molecule has 25 heavy (non-hydrogen) atoms. The van der Waals surface area contributed by atoms with E-state index in [0.717, 1.165) is 33.4 Å². The van der Waals surface area contributed by atoms with Crippen LogP contribution in [0.2, 0.25) is 0 Å². The molecule has 0 atom stereocenters. The van der Waals surface area contributed by atoms with E-state index >= 15 is 0 Å². The van der Waals surface area contributed by atoms with E-state index in [1.807, 2.05) is 30.5 Å². The molecule has 0 aliphatic rings. The maximum Gasteiger partial charge on any atom is 0.166 e. The lowest BCUT2D eigenvalue weighted by atomic mass is 10.2. The van der Waals surface area contributed by atoms with Crippen molar-refractivity contribution in [3.05, 3.63) is 47.8 Å². The minimum atomic E-state index is 0.544. The standard InChI is InChI=1S/C18H20ClN3OS2/c1-13-16(20-8-6-17(13)24-11-10-23-9-7-19)12-25-18-21-14-4-2-3-5-15(14)22-18/h2-6,8H,7,9-12H2,1H3,(H,21,22). The van der Waals surface area contributed by atoms with Crippen molar-refractivity contribution in [1.82, 2.24) is 15.0 Å². The number of pyridine rings is 1. The van der Waals surface area contributed by atoms with Crippen LogP contribution in [0.15, 0.2) is 46.6 Å². The molecule has 1 aromatic carbocycles. The summed E-state index contributed by atoms with van der Waals surface area (Å²) in [5.74, 6) is 2.25. The van der Waals surface area contributed by atoms with Gasteiger partial charge in [-0.1, -0.05) is 23.9 Å². The molecule has 0 radical (unpaired) electrons. The van der Waals surface area contributed by atoms with Gasteiger partial charge in [-0.2, -0.15) is 0 Å². The van der Waals surface area contributed by atoms with Gasteiger partial charge in [0.2, 0.25) is 0 Å². The van der Waals surface area contributed by atoms with E-state index in [-0.39, 0.29) is 0 Å². The molecular weight excluding hydrogens is 374 g/mol. The van der Waals surface area contributed by atoms with Gasteiger partial charge in [-0.25, -0.2) is 4.98 Å². The number of alkyl halides is 1. The third kappa shape index (κ3) is 5.14. The third-order valence-electron chi connectivity index (χ3n) is 3.68. The summed E-state index contributed by atoms with van der Waals surface area (Å²) in [7, 11) is 0. The Morgan fingerprint density at radius 1 is 1.16 bits per heavy atom. The summed E-state index contributed by atoms with van der Waals surface area (Å²) >= 11 is 9.08. The fourth-order valence-corrected chi connectivity index (χ4v) is 4.29. The lowest BCUT2D eigenvalue weighted by molar-refractivity contribution is 0.166. The molecule has 0 saturated heterocycles. The largest absolute Gasteiger partial charge is 0.379 e. The summed E-state index contributed by atoms with van der Waals surface area (Å²) in [6.07, 6.45) is 1.88. The molecule has 3 aromatic rings. The van der Waals surface area contributed by atoms with Crippen LogP contribution in [0.1, 0.15) is 11.3 Å². The second-order valence-corrected chi connectivity index (χ2v) is 7.86. The SMILES string of the molecule is Cc1c(SCCOCCCl)ccnc1CSc1nc2ccccc2[nH]1. The predicted octanol–water partition coefficient (Wildman–Crippen LogP) is 4.91. The van der Waals surface area contributed by atoms with Crippen LogP contribution in [0.3, 0.4) is 0 Å². The molecule has 0 saturated carbocycles. The summed E-state index contributed by atoms with van der Waals surface area (Å²) < 4.78 is 5.42. The number of para-hydroxylation sites is 2. The maximum atomic E-state index is 5.60. The first-order chi connectivity index (χ1) is 12.3. The molecule has 1 N–H and O–H groups in total. The van der Waals surface area contributed by atoms with Gasteiger partial charge < -0.3 is 9.72 Å². The van der Waals surface area contributed by atoms with Gasteiger partial charge in [-0.3, -0.25) is 4.98 Å². The zero-order chi connectivity index (χ0) is 17.5. The molecule has 0 unspecified atom stereocenters. The number of aromatic amines is 1. The normalized spacial score (nSPS) is 11.3. The van der Waals surface area contributed by atoms with Gasteiger partial charge in [0.25, 0.3) is 0 Å². The van der Waals surface area contributed by atoms with E-state index in [1.165, 1.54) is 10.5 Å². The Labute approximate surface area is 161 Å². The van der Waals surface area contributed by atoms with Gasteiger partial charge >= 0.3 is 0 Å². The molecule has 7 heteroatoms.